The third kappa shape index (κ3) is 1.34. The van der Waals surface area contributed by atoms with Gasteiger partial charge in [0.1, 0.15) is 11.6 Å². The van der Waals surface area contributed by atoms with Gasteiger partial charge in [0, 0.05) is 6.54 Å². The van der Waals surface area contributed by atoms with E-state index in [4.69, 9.17) is 5.73 Å². The Morgan fingerprint density at radius 2 is 2.27 bits per heavy atom. The topological polar surface area (TPSA) is 53.6 Å². The van der Waals surface area contributed by atoms with Crippen LogP contribution < -0.4 is 11.1 Å². The van der Waals surface area contributed by atoms with E-state index >= 15 is 0 Å². The van der Waals surface area contributed by atoms with Crippen LogP contribution in [0.1, 0.15) is 6.92 Å². The molecule has 0 atom stereocenters. The second-order valence-corrected chi connectivity index (χ2v) is 2.23. The van der Waals surface area contributed by atoms with Gasteiger partial charge in [0.05, 0.1) is 0 Å². The van der Waals surface area contributed by atoms with E-state index in [-0.39, 0.29) is 0 Å². The number of hydrogen-bond acceptors (Lipinski definition) is 4. The lowest BCUT2D eigenvalue weighted by atomic mass is 10.5. The molecule has 0 saturated carbocycles. The summed E-state index contributed by atoms with van der Waals surface area (Å²) in [5.74, 6) is 1.71. The number of nitrogens with one attached hydrogen (secondary N) is 1. The molecule has 60 valence electrons. The summed E-state index contributed by atoms with van der Waals surface area (Å²) in [6.45, 7) is 10.1. The third-order valence-corrected chi connectivity index (χ3v) is 1.46. The van der Waals surface area contributed by atoms with Gasteiger partial charge in [0.25, 0.3) is 0 Å². The molecule has 3 N–H and O–H groups in total. The first-order chi connectivity index (χ1) is 5.15. The van der Waals surface area contributed by atoms with Crippen LogP contribution in [0.4, 0.5) is 0 Å². The van der Waals surface area contributed by atoms with E-state index in [1.807, 2.05) is 6.92 Å². The summed E-state index contributed by atoms with van der Waals surface area (Å²) in [6.07, 6.45) is 0. The van der Waals surface area contributed by atoms with E-state index in [0.29, 0.717) is 11.8 Å². The van der Waals surface area contributed by atoms with Crippen LogP contribution in [-0.2, 0) is 0 Å². The molecule has 0 aliphatic carbocycles. The first-order valence-corrected chi connectivity index (χ1v) is 3.41. The Hall–Kier alpha value is -1.45. The summed E-state index contributed by atoms with van der Waals surface area (Å²) >= 11 is 0. The minimum atomic E-state index is 0.446. The molecule has 1 aliphatic rings. The van der Waals surface area contributed by atoms with Gasteiger partial charge >= 0.3 is 0 Å². The molecule has 0 spiro atoms. The first-order valence-electron chi connectivity index (χ1n) is 3.41. The SMILES string of the molecule is C=C1N=C(N)N(CC)C(=C)N1. The Labute approximate surface area is 66.1 Å². The number of aliphatic imine (C=N–C) groups is 1. The zero-order valence-corrected chi connectivity index (χ0v) is 6.59. The van der Waals surface area contributed by atoms with Crippen molar-refractivity contribution < 1.29 is 0 Å². The van der Waals surface area contributed by atoms with E-state index in [9.17, 15) is 0 Å². The Morgan fingerprint density at radius 3 is 2.73 bits per heavy atom. The highest BCUT2D eigenvalue weighted by Gasteiger charge is 2.14. The van der Waals surface area contributed by atoms with Crippen LogP contribution in [0.3, 0.4) is 0 Å². The average Bonchev–Trinajstić information content (AvgIpc) is 1.85. The molecule has 1 aliphatic heterocycles. The van der Waals surface area contributed by atoms with Crippen molar-refractivity contribution in [2.75, 3.05) is 6.54 Å². The number of nitrogens with two attached hydrogens (primary N) is 1. The normalized spacial score (nSPS) is 17.9. The molecule has 0 unspecified atom stereocenters. The average molecular weight is 152 g/mol. The van der Waals surface area contributed by atoms with E-state index < -0.39 is 0 Å². The number of nitrogens with zero attached hydrogens (tertiary/aromatic N) is 2. The molecule has 1 heterocycles. The molecular formula is C7H12N4. The Balaban J connectivity index is 2.88. The van der Waals surface area contributed by atoms with Crippen molar-refractivity contribution in [3.8, 4) is 0 Å². The van der Waals surface area contributed by atoms with Crippen LogP contribution >= 0.6 is 0 Å². The lowest BCUT2D eigenvalue weighted by Crippen LogP contribution is -2.44. The highest BCUT2D eigenvalue weighted by molar-refractivity contribution is 5.81. The fraction of sp³-hybridized carbons (Fsp3) is 0.286. The van der Waals surface area contributed by atoms with Crippen LogP contribution in [0.2, 0.25) is 0 Å². The molecule has 0 bridgehead atoms. The lowest BCUT2D eigenvalue weighted by Gasteiger charge is -2.28. The van der Waals surface area contributed by atoms with Crippen LogP contribution in [-0.4, -0.2) is 17.4 Å². The molecule has 0 radical (unpaired) electrons. The van der Waals surface area contributed by atoms with Crippen molar-refractivity contribution in [1.29, 1.82) is 0 Å². The molecule has 1 rings (SSSR count). The van der Waals surface area contributed by atoms with Gasteiger partial charge in [-0.05, 0) is 6.92 Å². The monoisotopic (exact) mass is 152 g/mol. The molecule has 0 amide bonds. The summed E-state index contributed by atoms with van der Waals surface area (Å²) in [4.78, 5) is 5.71. The van der Waals surface area contributed by atoms with E-state index in [0.717, 1.165) is 12.4 Å². The molecule has 0 aromatic carbocycles. The van der Waals surface area contributed by atoms with Gasteiger partial charge in [-0.1, -0.05) is 13.2 Å². The van der Waals surface area contributed by atoms with Gasteiger partial charge in [-0.25, -0.2) is 0 Å². The fourth-order valence-electron chi connectivity index (χ4n) is 0.952. The molecule has 0 saturated heterocycles. The molecule has 0 fully saturated rings. The van der Waals surface area contributed by atoms with Crippen LogP contribution in [0, 0.1) is 0 Å². The molecule has 0 aromatic heterocycles. The van der Waals surface area contributed by atoms with Gasteiger partial charge in [-0.2, -0.15) is 4.99 Å². The van der Waals surface area contributed by atoms with Gasteiger partial charge in [-0.3, -0.25) is 4.90 Å². The maximum absolute atomic E-state index is 5.58. The molecular weight excluding hydrogens is 140 g/mol. The highest BCUT2D eigenvalue weighted by Crippen LogP contribution is 2.06. The highest BCUT2D eigenvalue weighted by atomic mass is 15.4. The van der Waals surface area contributed by atoms with Gasteiger partial charge < -0.3 is 11.1 Å². The molecule has 4 nitrogen and oxygen atoms in total. The van der Waals surface area contributed by atoms with Gasteiger partial charge in [0.15, 0.2) is 0 Å². The third-order valence-electron chi connectivity index (χ3n) is 1.46. The minimum Gasteiger partial charge on any atom is -0.369 e. The summed E-state index contributed by atoms with van der Waals surface area (Å²) in [5, 5.41) is 2.88. The maximum Gasteiger partial charge on any atom is 0.203 e. The predicted octanol–water partition coefficient (Wildman–Crippen LogP) is 0.169. The zero-order valence-electron chi connectivity index (χ0n) is 6.59. The zero-order chi connectivity index (χ0) is 8.43. The fourth-order valence-corrected chi connectivity index (χ4v) is 0.952. The standard InChI is InChI=1S/C7H12N4/c1-4-11-6(3)9-5(2)10-7(11)8/h9H,2-4H2,1H3,(H2,8,10). The number of guanidine groups is 1. The Kier molecular flexibility index (Phi) is 1.85. The maximum atomic E-state index is 5.58. The van der Waals surface area contributed by atoms with Crippen LogP contribution in [0.25, 0.3) is 0 Å². The largest absolute Gasteiger partial charge is 0.369 e. The van der Waals surface area contributed by atoms with Crippen molar-refractivity contribution in [2.45, 2.75) is 6.92 Å². The molecule has 0 aromatic rings. The van der Waals surface area contributed by atoms with Crippen molar-refractivity contribution >= 4 is 5.96 Å². The summed E-state index contributed by atoms with van der Waals surface area (Å²) in [7, 11) is 0. The molecule has 11 heavy (non-hydrogen) atoms. The molecule has 4 heteroatoms. The number of hydrogen-bond donors (Lipinski definition) is 2. The lowest BCUT2D eigenvalue weighted by molar-refractivity contribution is 0.485. The van der Waals surface area contributed by atoms with E-state index in [1.54, 1.807) is 4.90 Å². The second kappa shape index (κ2) is 2.65. The van der Waals surface area contributed by atoms with Gasteiger partial charge in [0.2, 0.25) is 5.96 Å². The van der Waals surface area contributed by atoms with Crippen molar-refractivity contribution in [1.82, 2.24) is 10.2 Å². The summed E-state index contributed by atoms with van der Waals surface area (Å²) < 4.78 is 0. The van der Waals surface area contributed by atoms with E-state index in [2.05, 4.69) is 23.5 Å². The van der Waals surface area contributed by atoms with Crippen LogP contribution in [0.5, 0.6) is 0 Å². The van der Waals surface area contributed by atoms with Crippen molar-refractivity contribution in [2.24, 2.45) is 10.7 Å². The first kappa shape index (κ1) is 7.65. The Morgan fingerprint density at radius 1 is 1.64 bits per heavy atom. The Bertz CT molecular complexity index is 229. The second-order valence-electron chi connectivity index (χ2n) is 2.23. The summed E-state index contributed by atoms with van der Waals surface area (Å²) in [6, 6.07) is 0. The smallest absolute Gasteiger partial charge is 0.203 e. The van der Waals surface area contributed by atoms with Crippen LogP contribution in [0.15, 0.2) is 29.8 Å². The van der Waals surface area contributed by atoms with Gasteiger partial charge in [-0.15, -0.1) is 0 Å². The summed E-state index contributed by atoms with van der Waals surface area (Å²) in [5.41, 5.74) is 5.58. The van der Waals surface area contributed by atoms with E-state index in [1.165, 1.54) is 0 Å². The quantitative estimate of drug-likeness (QED) is 0.563. The van der Waals surface area contributed by atoms with Crippen molar-refractivity contribution in [3.63, 3.8) is 0 Å². The minimum absolute atomic E-state index is 0.446. The predicted molar refractivity (Wildman–Crippen MR) is 45.4 cm³/mol. The number of rotatable bonds is 1. The van der Waals surface area contributed by atoms with Crippen molar-refractivity contribution in [3.05, 3.63) is 24.8 Å².